The smallest absolute Gasteiger partial charge is 0.240 e. The van der Waals surface area contributed by atoms with E-state index in [4.69, 9.17) is 14.5 Å². The molecule has 2 aliphatic heterocycles. The number of methoxy groups -OCH3 is 1. The lowest BCUT2D eigenvalue weighted by Gasteiger charge is -2.37. The van der Waals surface area contributed by atoms with Crippen LogP contribution < -0.4 is 14.2 Å². The van der Waals surface area contributed by atoms with E-state index in [1.54, 1.807) is 18.1 Å². The number of fused-ring (bicyclic) bond motifs is 1. The first kappa shape index (κ1) is 44.1. The molecular weight excluding hydrogens is 817 g/mol. The van der Waals surface area contributed by atoms with Crippen LogP contribution in [0, 0.1) is 22.7 Å². The van der Waals surface area contributed by atoms with Crippen molar-refractivity contribution in [2.75, 3.05) is 26.7 Å². The van der Waals surface area contributed by atoms with E-state index in [9.17, 15) is 22.8 Å². The first-order chi connectivity index (χ1) is 30.1. The number of ether oxygens (including phenoxy) is 2. The first-order valence-corrected chi connectivity index (χ1v) is 23.7. The van der Waals surface area contributed by atoms with Crippen LogP contribution in [0.1, 0.15) is 83.6 Å². The molecule has 12 nitrogen and oxygen atoms in total. The highest BCUT2D eigenvalue weighted by Crippen LogP contribution is 2.57. The predicted molar refractivity (Wildman–Crippen MR) is 241 cm³/mol. The quantitative estimate of drug-likeness (QED) is 0.120. The van der Waals surface area contributed by atoms with Gasteiger partial charge in [0, 0.05) is 55.4 Å². The number of nitrogens with zero attached hydrogens (tertiary/aromatic N) is 3. The molecular formula is C50H58N4O8S. The van der Waals surface area contributed by atoms with Crippen LogP contribution in [0.25, 0.3) is 22.2 Å². The number of pyridine rings is 1. The zero-order valence-electron chi connectivity index (χ0n) is 36.6. The fourth-order valence-electron chi connectivity index (χ4n) is 9.53. The zero-order chi connectivity index (χ0) is 44.7. The maximum atomic E-state index is 15.1. The second-order valence-corrected chi connectivity index (χ2v) is 20.9. The number of hydrogen-bond donors (Lipinski definition) is 1. The minimum Gasteiger partial charge on any atom is -0.497 e. The van der Waals surface area contributed by atoms with Crippen LogP contribution in [-0.4, -0.2) is 90.8 Å². The van der Waals surface area contributed by atoms with Gasteiger partial charge in [-0.25, -0.2) is 13.4 Å². The number of sulfonamides is 1. The van der Waals surface area contributed by atoms with Crippen LogP contribution in [-0.2, 0) is 29.2 Å². The van der Waals surface area contributed by atoms with Crippen LogP contribution in [0.2, 0.25) is 0 Å². The summed E-state index contributed by atoms with van der Waals surface area (Å²) in [7, 11) is -2.29. The average Bonchev–Trinajstić information content (AvgIpc) is 4.22. The zero-order valence-corrected chi connectivity index (χ0v) is 37.4. The third-order valence-electron chi connectivity index (χ3n) is 13.7. The van der Waals surface area contributed by atoms with Crippen LogP contribution in [0.15, 0.2) is 97.6 Å². The highest BCUT2D eigenvalue weighted by Gasteiger charge is 2.61. The van der Waals surface area contributed by atoms with Crippen LogP contribution >= 0.6 is 0 Å². The van der Waals surface area contributed by atoms with Crippen molar-refractivity contribution in [2.24, 2.45) is 22.7 Å². The largest absolute Gasteiger partial charge is 0.497 e. The molecule has 1 aromatic heterocycles. The molecule has 2 saturated carbocycles. The fraction of sp³-hybridized carbons (Fsp3) is 0.460. The molecule has 4 aliphatic rings. The maximum absolute atomic E-state index is 15.1. The molecule has 8 rings (SSSR count). The number of hydrogen-bond acceptors (Lipinski definition) is 9. The molecule has 5 atom stereocenters. The molecule has 13 heteroatoms. The van der Waals surface area contributed by atoms with Gasteiger partial charge in [-0.2, -0.15) is 0 Å². The molecule has 0 unspecified atom stereocenters. The van der Waals surface area contributed by atoms with Crippen LogP contribution in [0.3, 0.4) is 0 Å². The summed E-state index contributed by atoms with van der Waals surface area (Å²) < 4.78 is 40.5. The van der Waals surface area contributed by atoms with E-state index in [1.807, 2.05) is 98.5 Å². The minimum atomic E-state index is -3.87. The molecule has 4 aromatic rings. The second-order valence-electron chi connectivity index (χ2n) is 18.9. The van der Waals surface area contributed by atoms with E-state index >= 15 is 4.79 Å². The fourth-order valence-corrected chi connectivity index (χ4v) is 10.9. The number of likely N-dealkylation sites (tertiary alicyclic amines) is 2. The topological polar surface area (TPSA) is 152 Å². The number of rotatable bonds is 15. The molecule has 63 heavy (non-hydrogen) atoms. The van der Waals surface area contributed by atoms with E-state index in [0.29, 0.717) is 54.6 Å². The van der Waals surface area contributed by atoms with E-state index in [1.165, 1.54) is 5.56 Å². The molecule has 4 fully saturated rings. The van der Waals surface area contributed by atoms with Crippen LogP contribution in [0.5, 0.6) is 11.5 Å². The summed E-state index contributed by atoms with van der Waals surface area (Å²) in [4.78, 5) is 66.2. The summed E-state index contributed by atoms with van der Waals surface area (Å²) in [6, 6.07) is 26.4. The van der Waals surface area contributed by atoms with E-state index in [0.717, 1.165) is 23.8 Å². The molecule has 1 N–H and O–H groups in total. The van der Waals surface area contributed by atoms with E-state index < -0.39 is 56.0 Å². The standard InChI is InChI=1S/C50H58N4O8S/c1-6-35-29-50(35,48(58)52-63(59,60)38-18-19-38)30-44(55)43-26-37(62-45-28-41(34-15-11-8-12-16-34)51-42-25-36(61-5)17-20-39(42)45)31-54(43)47(57)40(49(2,3)4)27-46(56)53-23-21-33(22-24-53)32-13-9-7-10-14-32/h6-17,20,25,28,33,35,37-38,40,43H,1,18-19,21-24,26-27,29-31H2,2-5H3,(H,52,58)/t35-,37-,40-,43+,50-/m1/s1. The van der Waals surface area contributed by atoms with E-state index in [-0.39, 0.29) is 49.8 Å². The van der Waals surface area contributed by atoms with Gasteiger partial charge in [-0.3, -0.25) is 23.9 Å². The number of benzene rings is 3. The number of amides is 3. The van der Waals surface area contributed by atoms with Gasteiger partial charge in [0.1, 0.15) is 17.6 Å². The summed E-state index contributed by atoms with van der Waals surface area (Å²) in [5, 5.41) is 0.104. The molecule has 3 heterocycles. The monoisotopic (exact) mass is 874 g/mol. The molecule has 0 radical (unpaired) electrons. The Bertz CT molecular complexity index is 2500. The molecule has 3 aromatic carbocycles. The predicted octanol–water partition coefficient (Wildman–Crippen LogP) is 7.48. The van der Waals surface area contributed by atoms with Crippen molar-refractivity contribution >= 4 is 44.4 Å². The Balaban J connectivity index is 1.08. The Morgan fingerprint density at radius 3 is 2.25 bits per heavy atom. The lowest BCUT2D eigenvalue weighted by Crippen LogP contribution is -2.49. The number of nitrogens with one attached hydrogen (secondary N) is 1. The Labute approximate surface area is 370 Å². The van der Waals surface area contributed by atoms with E-state index in [2.05, 4.69) is 23.4 Å². The van der Waals surface area contributed by atoms with Gasteiger partial charge >= 0.3 is 0 Å². The first-order valence-electron chi connectivity index (χ1n) is 22.2. The average molecular weight is 875 g/mol. The molecule has 2 saturated heterocycles. The molecule has 2 aliphatic carbocycles. The molecule has 332 valence electrons. The number of aromatic nitrogens is 1. The van der Waals surface area contributed by atoms with Crippen molar-refractivity contribution in [3.8, 4) is 22.8 Å². The summed E-state index contributed by atoms with van der Waals surface area (Å²) in [6.45, 7) is 10.9. The third-order valence-corrected chi connectivity index (χ3v) is 15.5. The van der Waals surface area contributed by atoms with Crippen molar-refractivity contribution in [2.45, 2.75) is 95.5 Å². The number of carbonyl (C=O) groups excluding carboxylic acids is 4. The number of carbonyl (C=O) groups is 4. The minimum absolute atomic E-state index is 0.0254. The maximum Gasteiger partial charge on any atom is 0.240 e. The Hall–Kier alpha value is -5.56. The summed E-state index contributed by atoms with van der Waals surface area (Å²) >= 11 is 0. The van der Waals surface area contributed by atoms with Crippen molar-refractivity contribution in [1.82, 2.24) is 19.5 Å². The molecule has 3 amide bonds. The van der Waals surface area contributed by atoms with Crippen molar-refractivity contribution in [1.29, 1.82) is 0 Å². The Morgan fingerprint density at radius 1 is 0.952 bits per heavy atom. The van der Waals surface area contributed by atoms with Gasteiger partial charge in [0.05, 0.1) is 47.5 Å². The summed E-state index contributed by atoms with van der Waals surface area (Å²) in [5.74, 6) is -1.19. The third kappa shape index (κ3) is 9.39. The van der Waals surface area contributed by atoms with Gasteiger partial charge < -0.3 is 19.3 Å². The van der Waals surface area contributed by atoms with Crippen molar-refractivity contribution < 1.29 is 37.1 Å². The van der Waals surface area contributed by atoms with Gasteiger partial charge in [-0.15, -0.1) is 6.58 Å². The Morgan fingerprint density at radius 2 is 1.63 bits per heavy atom. The van der Waals surface area contributed by atoms with Crippen molar-refractivity contribution in [3.05, 3.63) is 103 Å². The number of Topliss-reactive ketones (excluding diaryl/α,β-unsaturated/α-hetero) is 1. The summed E-state index contributed by atoms with van der Waals surface area (Å²) in [5.41, 5.74) is 1.49. The number of piperidine rings is 1. The highest BCUT2D eigenvalue weighted by atomic mass is 32.2. The molecule has 0 bridgehead atoms. The summed E-state index contributed by atoms with van der Waals surface area (Å²) in [6.07, 6.45) is 3.66. The Kier molecular flexibility index (Phi) is 12.3. The lowest BCUT2D eigenvalue weighted by molar-refractivity contribution is -0.148. The number of ketones is 1. The van der Waals surface area contributed by atoms with Crippen LogP contribution in [0.4, 0.5) is 0 Å². The van der Waals surface area contributed by atoms with Gasteiger partial charge in [0.25, 0.3) is 0 Å². The SMILES string of the molecule is C=C[C@@H]1C[C@]1(CC(=O)[C@@H]1C[C@@H](Oc2cc(-c3ccccc3)nc3cc(OC)ccc23)CN1C(=O)[C@@H](CC(=O)N1CCC(c2ccccc2)CC1)C(C)(C)C)C(=O)NS(=O)(=O)C1CC1. The lowest BCUT2D eigenvalue weighted by atomic mass is 9.77. The van der Waals surface area contributed by atoms with Gasteiger partial charge in [-0.1, -0.05) is 87.5 Å². The van der Waals surface area contributed by atoms with Gasteiger partial charge in [0.15, 0.2) is 5.78 Å². The second kappa shape index (κ2) is 17.5. The number of allylic oxidation sites excluding steroid dienone is 1. The normalized spacial score (nSPS) is 23.2. The van der Waals surface area contributed by atoms with Crippen molar-refractivity contribution in [3.63, 3.8) is 0 Å². The highest BCUT2D eigenvalue weighted by molar-refractivity contribution is 7.90. The molecule has 0 spiro atoms. The van der Waals surface area contributed by atoms with Gasteiger partial charge in [-0.05, 0) is 67.1 Å². The van der Waals surface area contributed by atoms with Gasteiger partial charge in [0.2, 0.25) is 27.7 Å².